The van der Waals surface area contributed by atoms with E-state index in [0.717, 1.165) is 17.5 Å². The number of nitrogens with zero attached hydrogens (tertiary/aromatic N) is 1. The zero-order valence-electron chi connectivity index (χ0n) is 21.1. The smallest absolute Gasteiger partial charge is 0.309 e. The van der Waals surface area contributed by atoms with E-state index >= 15 is 0 Å². The van der Waals surface area contributed by atoms with Crippen LogP contribution in [-0.2, 0) is 25.5 Å². The van der Waals surface area contributed by atoms with Gasteiger partial charge in [-0.15, -0.1) is 0 Å². The Hall–Kier alpha value is -4.39. The molecule has 0 saturated carbocycles. The molecule has 1 aliphatic rings. The summed E-state index contributed by atoms with van der Waals surface area (Å²) < 4.78 is 10.4. The van der Waals surface area contributed by atoms with Gasteiger partial charge in [0.15, 0.2) is 0 Å². The molecule has 0 radical (unpaired) electrons. The van der Waals surface area contributed by atoms with E-state index in [1.807, 2.05) is 38.1 Å². The first kappa shape index (κ1) is 25.7. The third kappa shape index (κ3) is 5.26. The monoisotopic (exact) mass is 499 g/mol. The van der Waals surface area contributed by atoms with Crippen molar-refractivity contribution in [1.82, 2.24) is 0 Å². The van der Waals surface area contributed by atoms with Crippen molar-refractivity contribution < 1.29 is 29.0 Å². The number of hydrogen-bond donors (Lipinski definition) is 1. The van der Waals surface area contributed by atoms with Gasteiger partial charge in [-0.3, -0.25) is 19.3 Å². The Morgan fingerprint density at radius 3 is 2.41 bits per heavy atom. The Kier molecular flexibility index (Phi) is 7.72. The highest BCUT2D eigenvalue weighted by molar-refractivity contribution is 6.51. The molecule has 3 aromatic rings. The van der Waals surface area contributed by atoms with Gasteiger partial charge in [-0.1, -0.05) is 55.5 Å². The number of methoxy groups -OCH3 is 1. The molecule has 1 heterocycles. The average molecular weight is 500 g/mol. The van der Waals surface area contributed by atoms with Gasteiger partial charge >= 0.3 is 5.97 Å². The molecule has 7 nitrogen and oxygen atoms in total. The molecule has 1 fully saturated rings. The number of aliphatic hydroxyl groups excluding tert-OH is 1. The number of ether oxygens (including phenoxy) is 2. The van der Waals surface area contributed by atoms with E-state index in [0.29, 0.717) is 29.2 Å². The van der Waals surface area contributed by atoms with Crippen LogP contribution in [0.5, 0.6) is 5.75 Å². The molecular formula is C30H29NO6. The number of carbonyl (C=O) groups is 3. The van der Waals surface area contributed by atoms with Gasteiger partial charge in [-0.05, 0) is 54.3 Å². The Morgan fingerprint density at radius 2 is 1.73 bits per heavy atom. The van der Waals surface area contributed by atoms with Crippen molar-refractivity contribution in [2.45, 2.75) is 32.7 Å². The zero-order valence-corrected chi connectivity index (χ0v) is 21.1. The average Bonchev–Trinajstić information content (AvgIpc) is 3.17. The number of amides is 1. The van der Waals surface area contributed by atoms with E-state index in [1.165, 1.54) is 12.0 Å². The number of hydrogen-bond acceptors (Lipinski definition) is 6. The molecule has 0 aromatic heterocycles. The van der Waals surface area contributed by atoms with Crippen LogP contribution in [-0.4, -0.2) is 36.5 Å². The van der Waals surface area contributed by atoms with Crippen LogP contribution < -0.4 is 9.64 Å². The minimum Gasteiger partial charge on any atom is -0.507 e. The summed E-state index contributed by atoms with van der Waals surface area (Å²) >= 11 is 0. The number of Topliss-reactive ketones (excluding diaryl/α,β-unsaturated/α-hetero) is 1. The SMILES string of the molecule is CCCOc1cccc(/C(O)=C2\C(=O)C(=O)N(c3ccc(CC(=O)OC)cc3)C2c2ccccc2C)c1. The predicted octanol–water partition coefficient (Wildman–Crippen LogP) is 5.13. The molecular weight excluding hydrogens is 470 g/mol. The van der Waals surface area contributed by atoms with Gasteiger partial charge in [0.2, 0.25) is 0 Å². The van der Waals surface area contributed by atoms with Gasteiger partial charge in [0.25, 0.3) is 11.7 Å². The topological polar surface area (TPSA) is 93.1 Å². The summed E-state index contributed by atoms with van der Waals surface area (Å²) in [5.74, 6) is -1.59. The lowest BCUT2D eigenvalue weighted by molar-refractivity contribution is -0.139. The van der Waals surface area contributed by atoms with Crippen molar-refractivity contribution >= 4 is 29.1 Å². The van der Waals surface area contributed by atoms with Crippen molar-refractivity contribution in [3.05, 3.63) is 101 Å². The van der Waals surface area contributed by atoms with Crippen LogP contribution in [0.3, 0.4) is 0 Å². The summed E-state index contributed by atoms with van der Waals surface area (Å²) in [5.41, 5.74) is 3.17. The molecule has 0 spiro atoms. The Balaban J connectivity index is 1.83. The number of aliphatic hydroxyl groups is 1. The van der Waals surface area contributed by atoms with Crippen molar-refractivity contribution in [2.24, 2.45) is 0 Å². The third-order valence-corrected chi connectivity index (χ3v) is 6.30. The number of anilines is 1. The minimum absolute atomic E-state index is 0.00517. The molecule has 0 bridgehead atoms. The van der Waals surface area contributed by atoms with E-state index in [9.17, 15) is 19.5 Å². The van der Waals surface area contributed by atoms with Crippen LogP contribution in [0.1, 0.15) is 41.6 Å². The second-order valence-electron chi connectivity index (χ2n) is 8.82. The molecule has 190 valence electrons. The van der Waals surface area contributed by atoms with E-state index < -0.39 is 17.7 Å². The lowest BCUT2D eigenvalue weighted by Gasteiger charge is -2.26. The fourth-order valence-electron chi connectivity index (χ4n) is 4.41. The van der Waals surface area contributed by atoms with Gasteiger partial charge in [0.1, 0.15) is 11.5 Å². The normalized spacial score (nSPS) is 16.6. The van der Waals surface area contributed by atoms with Crippen LogP contribution in [0.2, 0.25) is 0 Å². The standard InChI is InChI=1S/C30H29NO6/c1-4-16-37-23-10-7-9-21(18-23)28(33)26-27(24-11-6-5-8-19(24)2)31(30(35)29(26)34)22-14-12-20(13-15-22)17-25(32)36-3/h5-15,18,27,33H,4,16-17H2,1-3H3/b28-26+. The molecule has 0 aliphatic carbocycles. The Bertz CT molecular complexity index is 1360. The lowest BCUT2D eigenvalue weighted by atomic mass is 9.92. The van der Waals surface area contributed by atoms with Gasteiger partial charge in [-0.2, -0.15) is 0 Å². The molecule has 1 unspecified atom stereocenters. The quantitative estimate of drug-likeness (QED) is 0.200. The molecule has 1 aliphatic heterocycles. The van der Waals surface area contributed by atoms with E-state index in [4.69, 9.17) is 9.47 Å². The second-order valence-corrected chi connectivity index (χ2v) is 8.82. The van der Waals surface area contributed by atoms with Gasteiger partial charge in [0.05, 0.1) is 31.8 Å². The number of carbonyl (C=O) groups excluding carboxylic acids is 3. The van der Waals surface area contributed by atoms with Crippen LogP contribution in [0, 0.1) is 6.92 Å². The first-order valence-corrected chi connectivity index (χ1v) is 12.1. The number of ketones is 1. The van der Waals surface area contributed by atoms with E-state index in [1.54, 1.807) is 48.5 Å². The number of esters is 1. The maximum atomic E-state index is 13.4. The van der Waals surface area contributed by atoms with Crippen LogP contribution in [0.15, 0.2) is 78.4 Å². The summed E-state index contributed by atoms with van der Waals surface area (Å²) in [6, 6.07) is 20.3. The van der Waals surface area contributed by atoms with E-state index in [2.05, 4.69) is 0 Å². The van der Waals surface area contributed by atoms with Crippen LogP contribution in [0.25, 0.3) is 5.76 Å². The van der Waals surface area contributed by atoms with Crippen molar-refractivity contribution in [1.29, 1.82) is 0 Å². The number of aryl methyl sites for hydroxylation is 1. The van der Waals surface area contributed by atoms with Crippen molar-refractivity contribution in [2.75, 3.05) is 18.6 Å². The molecule has 1 atom stereocenters. The highest BCUT2D eigenvalue weighted by Crippen LogP contribution is 2.43. The van der Waals surface area contributed by atoms with Gasteiger partial charge in [-0.25, -0.2) is 0 Å². The number of rotatable bonds is 8. The fraction of sp³-hybridized carbons (Fsp3) is 0.233. The minimum atomic E-state index is -0.840. The summed E-state index contributed by atoms with van der Waals surface area (Å²) in [4.78, 5) is 39.9. The highest BCUT2D eigenvalue weighted by Gasteiger charge is 2.47. The highest BCUT2D eigenvalue weighted by atomic mass is 16.5. The largest absolute Gasteiger partial charge is 0.507 e. The molecule has 3 aromatic carbocycles. The number of benzene rings is 3. The third-order valence-electron chi connectivity index (χ3n) is 6.30. The lowest BCUT2D eigenvalue weighted by Crippen LogP contribution is -2.29. The summed E-state index contributed by atoms with van der Waals surface area (Å²) in [5, 5.41) is 11.4. The van der Waals surface area contributed by atoms with Crippen molar-refractivity contribution in [3.8, 4) is 5.75 Å². The zero-order chi connectivity index (χ0) is 26.5. The van der Waals surface area contributed by atoms with E-state index in [-0.39, 0.29) is 23.7 Å². The molecule has 4 rings (SSSR count). The fourth-order valence-corrected chi connectivity index (χ4v) is 4.41. The molecule has 1 N–H and O–H groups in total. The summed E-state index contributed by atoms with van der Waals surface area (Å²) in [7, 11) is 1.32. The van der Waals surface area contributed by atoms with Gasteiger partial charge in [0, 0.05) is 11.3 Å². The second kappa shape index (κ2) is 11.1. The van der Waals surface area contributed by atoms with Crippen LogP contribution in [0.4, 0.5) is 5.69 Å². The molecule has 1 saturated heterocycles. The maximum Gasteiger partial charge on any atom is 0.309 e. The first-order chi connectivity index (χ1) is 17.8. The van der Waals surface area contributed by atoms with Crippen molar-refractivity contribution in [3.63, 3.8) is 0 Å². The van der Waals surface area contributed by atoms with Crippen LogP contribution >= 0.6 is 0 Å². The summed E-state index contributed by atoms with van der Waals surface area (Å²) in [6.45, 7) is 4.41. The predicted molar refractivity (Wildman–Crippen MR) is 140 cm³/mol. The Labute approximate surface area is 215 Å². The molecule has 37 heavy (non-hydrogen) atoms. The molecule has 1 amide bonds. The maximum absolute atomic E-state index is 13.4. The van der Waals surface area contributed by atoms with Gasteiger partial charge < -0.3 is 14.6 Å². The summed E-state index contributed by atoms with van der Waals surface area (Å²) in [6.07, 6.45) is 0.917. The molecule has 7 heteroatoms. The first-order valence-electron chi connectivity index (χ1n) is 12.1. The Morgan fingerprint density at radius 1 is 1.00 bits per heavy atom.